The van der Waals surface area contributed by atoms with E-state index < -0.39 is 17.6 Å². The first-order valence-corrected chi connectivity index (χ1v) is 9.87. The molecule has 0 atom stereocenters. The Balaban J connectivity index is 1.78. The van der Waals surface area contributed by atoms with Gasteiger partial charge in [-0.15, -0.1) is 0 Å². The third kappa shape index (κ3) is 3.50. The first-order valence-electron chi connectivity index (χ1n) is 9.87. The van der Waals surface area contributed by atoms with Crippen molar-refractivity contribution in [2.24, 2.45) is 0 Å². The smallest absolute Gasteiger partial charge is 0.282 e. The maximum Gasteiger partial charge on any atom is 0.282 e. The summed E-state index contributed by atoms with van der Waals surface area (Å²) in [6.07, 6.45) is 1.95. The minimum Gasteiger partial charge on any atom is -0.491 e. The Morgan fingerprint density at radius 1 is 0.931 bits per heavy atom. The second kappa shape index (κ2) is 7.70. The molecule has 5 nitrogen and oxygen atoms in total. The van der Waals surface area contributed by atoms with Crippen molar-refractivity contribution in [3.63, 3.8) is 0 Å². The maximum atomic E-state index is 14.4. The van der Waals surface area contributed by atoms with Crippen LogP contribution >= 0.6 is 0 Å². The van der Waals surface area contributed by atoms with Gasteiger partial charge >= 0.3 is 0 Å². The Morgan fingerprint density at radius 2 is 1.59 bits per heavy atom. The molecule has 4 rings (SSSR count). The summed E-state index contributed by atoms with van der Waals surface area (Å²) in [5, 5.41) is 0. The molecule has 2 aliphatic heterocycles. The van der Waals surface area contributed by atoms with E-state index in [0.29, 0.717) is 35.7 Å². The van der Waals surface area contributed by atoms with Crippen LogP contribution in [-0.2, 0) is 9.59 Å². The molecule has 0 spiro atoms. The summed E-state index contributed by atoms with van der Waals surface area (Å²) in [4.78, 5) is 29.5. The van der Waals surface area contributed by atoms with Gasteiger partial charge in [-0.3, -0.25) is 9.59 Å². The Labute approximate surface area is 169 Å². The number of amides is 2. The lowest BCUT2D eigenvalue weighted by atomic mass is 10.0. The number of ether oxygens (including phenoxy) is 1. The molecular weight excluding hydrogens is 371 g/mol. The average molecular weight is 394 g/mol. The van der Waals surface area contributed by atoms with Crippen LogP contribution < -0.4 is 9.64 Å². The molecule has 0 N–H and O–H groups in total. The van der Waals surface area contributed by atoms with E-state index in [1.165, 1.54) is 18.2 Å². The Morgan fingerprint density at radius 3 is 2.21 bits per heavy atom. The van der Waals surface area contributed by atoms with Gasteiger partial charge in [-0.1, -0.05) is 24.3 Å². The van der Waals surface area contributed by atoms with Crippen LogP contribution in [0.5, 0.6) is 5.75 Å². The molecular formula is C23H23FN2O3. The summed E-state index contributed by atoms with van der Waals surface area (Å²) in [5.41, 5.74) is 1.28. The van der Waals surface area contributed by atoms with Crippen LogP contribution in [-0.4, -0.2) is 35.9 Å². The first kappa shape index (κ1) is 19.2. The van der Waals surface area contributed by atoms with Gasteiger partial charge in [0.25, 0.3) is 11.8 Å². The van der Waals surface area contributed by atoms with Gasteiger partial charge in [-0.2, -0.15) is 0 Å². The van der Waals surface area contributed by atoms with Gasteiger partial charge < -0.3 is 9.64 Å². The molecule has 0 aliphatic carbocycles. The molecule has 2 amide bonds. The minimum absolute atomic E-state index is 0.0195. The zero-order chi connectivity index (χ0) is 20.5. The number of halogens is 1. The fourth-order valence-corrected chi connectivity index (χ4v) is 3.84. The number of imide groups is 1. The number of anilines is 1. The molecule has 0 bridgehead atoms. The van der Waals surface area contributed by atoms with E-state index in [-0.39, 0.29) is 11.8 Å². The summed E-state index contributed by atoms with van der Waals surface area (Å²) < 4.78 is 20.1. The largest absolute Gasteiger partial charge is 0.491 e. The molecule has 0 aromatic heterocycles. The highest BCUT2D eigenvalue weighted by molar-refractivity contribution is 6.45. The van der Waals surface area contributed by atoms with Gasteiger partial charge in [-0.25, -0.2) is 9.29 Å². The number of benzene rings is 2. The van der Waals surface area contributed by atoms with E-state index in [9.17, 15) is 14.0 Å². The quantitative estimate of drug-likeness (QED) is 0.720. The SMILES string of the molecule is CC(C)Oc1ccc(C2=C(N3CCCC3)C(=O)N(c3ccccc3F)C2=O)cc1. The van der Waals surface area contributed by atoms with Crippen molar-refractivity contribution in [2.75, 3.05) is 18.0 Å². The van der Waals surface area contributed by atoms with E-state index in [4.69, 9.17) is 4.74 Å². The molecule has 6 heteroatoms. The average Bonchev–Trinajstić information content (AvgIpc) is 3.29. The normalized spacial score (nSPS) is 17.1. The Bertz CT molecular complexity index is 976. The van der Waals surface area contributed by atoms with E-state index in [1.54, 1.807) is 30.3 Å². The van der Waals surface area contributed by atoms with Crippen molar-refractivity contribution in [1.82, 2.24) is 4.90 Å². The van der Waals surface area contributed by atoms with Crippen molar-refractivity contribution >= 4 is 23.1 Å². The molecule has 1 saturated heterocycles. The second-order valence-electron chi connectivity index (χ2n) is 7.51. The van der Waals surface area contributed by atoms with E-state index in [2.05, 4.69) is 0 Å². The number of carbonyl (C=O) groups excluding carboxylic acids is 2. The highest BCUT2D eigenvalue weighted by atomic mass is 19.1. The molecule has 2 heterocycles. The monoisotopic (exact) mass is 394 g/mol. The summed E-state index contributed by atoms with van der Waals surface area (Å²) >= 11 is 0. The standard InChI is InChI=1S/C23H23FN2O3/c1-15(2)29-17-11-9-16(10-12-17)20-21(25-13-5-6-14-25)23(28)26(22(20)27)19-8-4-3-7-18(19)24/h3-4,7-12,15H,5-6,13-14H2,1-2H3. The molecule has 0 unspecified atom stereocenters. The highest BCUT2D eigenvalue weighted by Gasteiger charge is 2.43. The van der Waals surface area contributed by atoms with Crippen LogP contribution in [0.1, 0.15) is 32.3 Å². The van der Waals surface area contributed by atoms with Crippen LogP contribution in [0.2, 0.25) is 0 Å². The lowest BCUT2D eigenvalue weighted by molar-refractivity contribution is -0.120. The Kier molecular flexibility index (Phi) is 5.09. The number of nitrogens with zero attached hydrogens (tertiary/aromatic N) is 2. The molecule has 2 aromatic rings. The summed E-state index contributed by atoms with van der Waals surface area (Å²) in [5.74, 6) is -0.884. The Hall–Kier alpha value is -3.15. The summed E-state index contributed by atoms with van der Waals surface area (Å²) in [7, 11) is 0. The number of para-hydroxylation sites is 1. The zero-order valence-corrected chi connectivity index (χ0v) is 16.5. The van der Waals surface area contributed by atoms with Crippen molar-refractivity contribution < 1.29 is 18.7 Å². The predicted octanol–water partition coefficient (Wildman–Crippen LogP) is 3.99. The maximum absolute atomic E-state index is 14.4. The topological polar surface area (TPSA) is 49.9 Å². The van der Waals surface area contributed by atoms with E-state index in [1.807, 2.05) is 18.7 Å². The summed E-state index contributed by atoms with van der Waals surface area (Å²) in [6, 6.07) is 13.0. The number of likely N-dealkylation sites (tertiary alicyclic amines) is 1. The van der Waals surface area contributed by atoms with Gasteiger partial charge in [-0.05, 0) is 56.5 Å². The third-order valence-electron chi connectivity index (χ3n) is 5.09. The number of hydrogen-bond acceptors (Lipinski definition) is 4. The number of carbonyl (C=O) groups is 2. The van der Waals surface area contributed by atoms with Crippen LogP contribution in [0.15, 0.2) is 54.2 Å². The molecule has 0 saturated carbocycles. The third-order valence-corrected chi connectivity index (χ3v) is 5.09. The molecule has 2 aliphatic rings. The molecule has 150 valence electrons. The van der Waals surface area contributed by atoms with Gasteiger partial charge in [0.15, 0.2) is 0 Å². The zero-order valence-electron chi connectivity index (χ0n) is 16.5. The van der Waals surface area contributed by atoms with Gasteiger partial charge in [0.2, 0.25) is 0 Å². The second-order valence-corrected chi connectivity index (χ2v) is 7.51. The van der Waals surface area contributed by atoms with Crippen LogP contribution in [0, 0.1) is 5.82 Å². The van der Waals surface area contributed by atoms with Crippen molar-refractivity contribution in [3.8, 4) is 5.75 Å². The van der Waals surface area contributed by atoms with E-state index >= 15 is 0 Å². The fraction of sp³-hybridized carbons (Fsp3) is 0.304. The highest BCUT2D eigenvalue weighted by Crippen LogP contribution is 2.37. The minimum atomic E-state index is -0.600. The van der Waals surface area contributed by atoms with Gasteiger partial charge in [0.1, 0.15) is 17.3 Å². The van der Waals surface area contributed by atoms with Gasteiger partial charge in [0.05, 0.1) is 17.4 Å². The molecule has 2 aromatic carbocycles. The molecule has 0 radical (unpaired) electrons. The first-order chi connectivity index (χ1) is 14.0. The van der Waals surface area contributed by atoms with Crippen LogP contribution in [0.3, 0.4) is 0 Å². The lowest BCUT2D eigenvalue weighted by Crippen LogP contribution is -2.35. The lowest BCUT2D eigenvalue weighted by Gasteiger charge is -2.20. The van der Waals surface area contributed by atoms with E-state index in [0.717, 1.165) is 17.7 Å². The van der Waals surface area contributed by atoms with Crippen LogP contribution in [0.4, 0.5) is 10.1 Å². The number of rotatable bonds is 5. The molecule has 1 fully saturated rings. The van der Waals surface area contributed by atoms with Crippen LogP contribution in [0.25, 0.3) is 5.57 Å². The van der Waals surface area contributed by atoms with Crippen molar-refractivity contribution in [3.05, 3.63) is 65.6 Å². The number of hydrogen-bond donors (Lipinski definition) is 0. The fourth-order valence-electron chi connectivity index (χ4n) is 3.84. The predicted molar refractivity (Wildman–Crippen MR) is 109 cm³/mol. The summed E-state index contributed by atoms with van der Waals surface area (Å²) in [6.45, 7) is 5.29. The van der Waals surface area contributed by atoms with Gasteiger partial charge in [0, 0.05) is 13.1 Å². The molecule has 29 heavy (non-hydrogen) atoms. The van der Waals surface area contributed by atoms with Crippen molar-refractivity contribution in [1.29, 1.82) is 0 Å². The van der Waals surface area contributed by atoms with Crippen molar-refractivity contribution in [2.45, 2.75) is 32.8 Å².